The number of thiazole rings is 1. The lowest BCUT2D eigenvalue weighted by molar-refractivity contribution is -0.123. The summed E-state index contributed by atoms with van der Waals surface area (Å²) in [7, 11) is -3.92. The third-order valence-corrected chi connectivity index (χ3v) is 10.2. The Kier molecular flexibility index (Phi) is 8.37. The van der Waals surface area contributed by atoms with Crippen molar-refractivity contribution in [1.29, 1.82) is 0 Å². The van der Waals surface area contributed by atoms with Gasteiger partial charge in [-0.1, -0.05) is 23.7 Å². The summed E-state index contributed by atoms with van der Waals surface area (Å²) in [4.78, 5) is 35.2. The first-order valence-electron chi connectivity index (χ1n) is 12.1. The number of amides is 2. The largest absolute Gasteiger partial charge is 0.368 e. The second-order valence-corrected chi connectivity index (χ2v) is 13.1. The molecule has 2 N–H and O–H groups in total. The summed E-state index contributed by atoms with van der Waals surface area (Å²) in [5.74, 6) is -1.15. The molecule has 3 heterocycles. The van der Waals surface area contributed by atoms with Crippen LogP contribution in [-0.4, -0.2) is 77.6 Å². The maximum atomic E-state index is 13.5. The van der Waals surface area contributed by atoms with Gasteiger partial charge in [-0.2, -0.15) is 4.31 Å². The van der Waals surface area contributed by atoms with Crippen molar-refractivity contribution in [3.8, 4) is 0 Å². The lowest BCUT2D eigenvalue weighted by atomic mass is 10.1. The first kappa shape index (κ1) is 28.7. The molecule has 0 radical (unpaired) electrons. The molecule has 0 bridgehead atoms. The van der Waals surface area contributed by atoms with Crippen LogP contribution in [0.1, 0.15) is 34.2 Å². The van der Waals surface area contributed by atoms with Gasteiger partial charge in [-0.15, -0.1) is 23.7 Å². The second-order valence-electron chi connectivity index (χ2n) is 9.64. The van der Waals surface area contributed by atoms with Gasteiger partial charge in [0.05, 0.1) is 10.6 Å². The number of fused-ring (bicyclic) bond motifs is 2. The zero-order chi connectivity index (χ0) is 26.5. The molecular formula is C25H29Cl2N5O4S2. The van der Waals surface area contributed by atoms with E-state index in [0.29, 0.717) is 16.1 Å². The minimum atomic E-state index is -3.92. The molecule has 0 saturated carbocycles. The predicted octanol–water partition coefficient (Wildman–Crippen LogP) is 3.14. The van der Waals surface area contributed by atoms with Crippen molar-refractivity contribution in [1.82, 2.24) is 19.1 Å². The van der Waals surface area contributed by atoms with Gasteiger partial charge in [0.25, 0.3) is 5.91 Å². The summed E-state index contributed by atoms with van der Waals surface area (Å²) in [5, 5.41) is 2.42. The molecule has 2 amide bonds. The summed E-state index contributed by atoms with van der Waals surface area (Å²) in [5.41, 5.74) is 6.58. The zero-order valence-electron chi connectivity index (χ0n) is 21.0. The molecular weight excluding hydrogens is 569 g/mol. The lowest BCUT2D eigenvalue weighted by Gasteiger charge is -2.38. The fraction of sp³-hybridized carbons (Fsp3) is 0.400. The Morgan fingerprint density at radius 2 is 1.82 bits per heavy atom. The molecule has 9 nitrogen and oxygen atoms in total. The van der Waals surface area contributed by atoms with E-state index in [4.69, 9.17) is 17.3 Å². The van der Waals surface area contributed by atoms with E-state index in [-0.39, 0.29) is 42.8 Å². The Morgan fingerprint density at radius 1 is 1.11 bits per heavy atom. The van der Waals surface area contributed by atoms with E-state index in [9.17, 15) is 18.0 Å². The van der Waals surface area contributed by atoms with Crippen LogP contribution >= 0.6 is 35.3 Å². The Balaban J connectivity index is 0.00000336. The number of aromatic nitrogens is 1. The number of benzene rings is 2. The van der Waals surface area contributed by atoms with Crippen molar-refractivity contribution in [2.75, 3.05) is 26.2 Å². The first-order valence-corrected chi connectivity index (χ1v) is 14.7. The second kappa shape index (κ2) is 11.1. The first-order chi connectivity index (χ1) is 17.5. The van der Waals surface area contributed by atoms with Crippen LogP contribution in [0.4, 0.5) is 0 Å². The number of carbonyl (C=O) groups is 2. The molecule has 38 heavy (non-hydrogen) atoms. The quantitative estimate of drug-likeness (QED) is 0.483. The van der Waals surface area contributed by atoms with Gasteiger partial charge >= 0.3 is 0 Å². The van der Waals surface area contributed by atoms with Crippen LogP contribution in [0, 0.1) is 0 Å². The zero-order valence-corrected chi connectivity index (χ0v) is 24.2. The highest BCUT2D eigenvalue weighted by Gasteiger charge is 2.40. The average molecular weight is 599 g/mol. The fourth-order valence-electron chi connectivity index (χ4n) is 4.84. The van der Waals surface area contributed by atoms with Crippen molar-refractivity contribution in [3.05, 3.63) is 57.0 Å². The smallest absolute Gasteiger partial charge is 0.283 e. The third kappa shape index (κ3) is 5.41. The number of sulfonamides is 1. The molecule has 3 aromatic rings. The molecule has 2 aromatic carbocycles. The number of nitrogens with zero attached hydrogens (tertiary/aromatic N) is 4. The van der Waals surface area contributed by atoms with Crippen molar-refractivity contribution in [2.24, 2.45) is 5.73 Å². The van der Waals surface area contributed by atoms with Crippen LogP contribution in [-0.2, 0) is 27.8 Å². The Labute approximate surface area is 237 Å². The van der Waals surface area contributed by atoms with Gasteiger partial charge in [0.1, 0.15) is 6.04 Å². The highest BCUT2D eigenvalue weighted by molar-refractivity contribution is 7.89. The molecule has 0 spiro atoms. The average Bonchev–Trinajstić information content (AvgIpc) is 3.31. The van der Waals surface area contributed by atoms with Crippen LogP contribution in [0.25, 0.3) is 10.8 Å². The normalized spacial score (nSPS) is 18.8. The number of nitrogens with two attached hydrogens (primary N) is 1. The minimum Gasteiger partial charge on any atom is -0.368 e. The van der Waals surface area contributed by atoms with Gasteiger partial charge in [-0.25, -0.2) is 13.4 Å². The number of rotatable bonds is 5. The molecule has 0 aliphatic carbocycles. The van der Waals surface area contributed by atoms with Crippen molar-refractivity contribution >= 4 is 68.0 Å². The summed E-state index contributed by atoms with van der Waals surface area (Å²) in [6, 6.07) is 9.32. The SMILES string of the molecule is CC(C)N1CCc2nc(C(=O)N3CCN(S(=O)(=O)c4ccc5cc(Cl)ccc5c4)CC3C(N)=O)sc2C1.Cl. The predicted molar refractivity (Wildman–Crippen MR) is 150 cm³/mol. The van der Waals surface area contributed by atoms with E-state index >= 15 is 0 Å². The van der Waals surface area contributed by atoms with E-state index in [2.05, 4.69) is 23.7 Å². The molecule has 1 fully saturated rings. The number of hydrogen-bond donors (Lipinski definition) is 1. The van der Waals surface area contributed by atoms with E-state index in [1.54, 1.807) is 30.3 Å². The molecule has 1 aromatic heterocycles. The maximum absolute atomic E-state index is 13.5. The van der Waals surface area contributed by atoms with Gasteiger partial charge in [-0.05, 0) is 48.9 Å². The molecule has 1 unspecified atom stereocenters. The van der Waals surface area contributed by atoms with Crippen LogP contribution in [0.15, 0.2) is 41.3 Å². The Hall–Kier alpha value is -2.28. The molecule has 2 aliphatic heterocycles. The lowest BCUT2D eigenvalue weighted by Crippen LogP contribution is -2.60. The molecule has 5 rings (SSSR count). The summed E-state index contributed by atoms with van der Waals surface area (Å²) >= 11 is 7.38. The van der Waals surface area contributed by atoms with E-state index in [0.717, 1.165) is 40.9 Å². The van der Waals surface area contributed by atoms with Crippen LogP contribution < -0.4 is 5.73 Å². The van der Waals surface area contributed by atoms with Crippen molar-refractivity contribution in [2.45, 2.75) is 43.8 Å². The Morgan fingerprint density at radius 3 is 2.53 bits per heavy atom. The van der Waals surface area contributed by atoms with E-state index in [1.807, 2.05) is 0 Å². The van der Waals surface area contributed by atoms with Gasteiger partial charge < -0.3 is 10.6 Å². The van der Waals surface area contributed by atoms with Gasteiger partial charge in [-0.3, -0.25) is 14.5 Å². The fourth-order valence-corrected chi connectivity index (χ4v) is 7.58. The third-order valence-electron chi connectivity index (χ3n) is 7.02. The van der Waals surface area contributed by atoms with Crippen LogP contribution in [0.5, 0.6) is 0 Å². The molecule has 2 aliphatic rings. The summed E-state index contributed by atoms with van der Waals surface area (Å²) in [6.45, 7) is 5.76. The number of hydrogen-bond acceptors (Lipinski definition) is 7. The van der Waals surface area contributed by atoms with E-state index in [1.165, 1.54) is 26.6 Å². The molecule has 204 valence electrons. The number of carbonyl (C=O) groups excluding carboxylic acids is 2. The number of piperazine rings is 1. The number of halogens is 2. The van der Waals surface area contributed by atoms with Crippen LogP contribution in [0.2, 0.25) is 5.02 Å². The molecule has 1 atom stereocenters. The Bertz CT molecular complexity index is 1490. The minimum absolute atomic E-state index is 0. The van der Waals surface area contributed by atoms with Gasteiger partial charge in [0, 0.05) is 55.1 Å². The van der Waals surface area contributed by atoms with Crippen LogP contribution in [0.3, 0.4) is 0 Å². The maximum Gasteiger partial charge on any atom is 0.283 e. The topological polar surface area (TPSA) is 117 Å². The van der Waals surface area contributed by atoms with Gasteiger partial charge in [0.2, 0.25) is 15.9 Å². The summed E-state index contributed by atoms with van der Waals surface area (Å²) < 4.78 is 28.1. The highest BCUT2D eigenvalue weighted by Crippen LogP contribution is 2.29. The monoisotopic (exact) mass is 597 g/mol. The molecule has 13 heteroatoms. The van der Waals surface area contributed by atoms with Crippen molar-refractivity contribution in [3.63, 3.8) is 0 Å². The van der Waals surface area contributed by atoms with Gasteiger partial charge in [0.15, 0.2) is 5.01 Å². The molecule has 1 saturated heterocycles. The number of primary amides is 1. The van der Waals surface area contributed by atoms with Crippen molar-refractivity contribution < 1.29 is 18.0 Å². The highest BCUT2D eigenvalue weighted by atomic mass is 35.5. The summed E-state index contributed by atoms with van der Waals surface area (Å²) in [6.07, 6.45) is 0.764. The standard InChI is InChI=1S/C25H28ClN5O4S2.ClH/c1-15(2)29-8-7-20-22(14-29)36-24(28-20)25(33)31-10-9-30(13-21(31)23(27)32)37(34,35)19-6-4-16-11-18(26)5-3-17(16)12-19;/h3-6,11-12,15,21H,7-10,13-14H2,1-2H3,(H2,27,32);1H. The van der Waals surface area contributed by atoms with E-state index < -0.39 is 22.0 Å².